The second-order valence-corrected chi connectivity index (χ2v) is 20.1. The standard InChI is InChI=1S/C34H43BrN9OPS/c1-6-21-15-28(30(45-3)17-29(21)43-13-9-22(10-14-43)44-23-16-24(44)20-42(2)19-23)40-34-38-18-25(35)33(41-34)39-27-8-7-26-31(37-12-11-36-26)32(27)46(4,5)47/h7-8,11-12,15,17-18,22-24H,6,9-10,13-14,16,19-20H2,1-5H3,(H2,38,39,40,41). The van der Waals surface area contributed by atoms with Crippen LogP contribution in [0.2, 0.25) is 0 Å². The highest BCUT2D eigenvalue weighted by Crippen LogP contribution is 2.43. The van der Waals surface area contributed by atoms with Crippen LogP contribution in [0.3, 0.4) is 0 Å². The van der Waals surface area contributed by atoms with Gasteiger partial charge in [-0.1, -0.05) is 18.7 Å². The van der Waals surface area contributed by atoms with E-state index in [1.807, 2.05) is 12.1 Å². The van der Waals surface area contributed by atoms with Crippen molar-refractivity contribution < 1.29 is 4.74 Å². The molecule has 4 aromatic rings. The second-order valence-electron chi connectivity index (χ2n) is 13.3. The Hall–Kier alpha value is -2.89. The monoisotopic (exact) mass is 735 g/mol. The van der Waals surface area contributed by atoms with Gasteiger partial charge in [-0.2, -0.15) is 4.98 Å². The van der Waals surface area contributed by atoms with Crippen molar-refractivity contribution >= 4 is 78.9 Å². The first-order chi connectivity index (χ1) is 22.6. The Morgan fingerprint density at radius 3 is 2.45 bits per heavy atom. The highest BCUT2D eigenvalue weighted by molar-refractivity contribution is 9.10. The molecule has 3 fully saturated rings. The molecule has 7 rings (SSSR count). The van der Waals surface area contributed by atoms with E-state index in [0.29, 0.717) is 17.8 Å². The number of nitrogens with zero attached hydrogens (tertiary/aromatic N) is 7. The fourth-order valence-electron chi connectivity index (χ4n) is 7.74. The zero-order chi connectivity index (χ0) is 32.9. The number of rotatable bonds is 9. The van der Waals surface area contributed by atoms with E-state index in [0.717, 1.165) is 69.5 Å². The number of piperidine rings is 2. The topological polar surface area (TPSA) is 94.6 Å². The maximum Gasteiger partial charge on any atom is 0.229 e. The van der Waals surface area contributed by atoms with Gasteiger partial charge in [0.2, 0.25) is 5.95 Å². The zero-order valence-electron chi connectivity index (χ0n) is 27.7. The van der Waals surface area contributed by atoms with Crippen molar-refractivity contribution in [1.29, 1.82) is 0 Å². The Kier molecular flexibility index (Phi) is 9.17. The van der Waals surface area contributed by atoms with Gasteiger partial charge >= 0.3 is 0 Å². The van der Waals surface area contributed by atoms with Crippen LogP contribution in [0, 0.1) is 0 Å². The van der Waals surface area contributed by atoms with Gasteiger partial charge in [0.25, 0.3) is 0 Å². The fraction of sp³-hybridized carbons (Fsp3) is 0.471. The number of likely N-dealkylation sites (N-methyl/N-ethyl adjacent to an activating group) is 1. The third-order valence-electron chi connectivity index (χ3n) is 9.84. The van der Waals surface area contributed by atoms with Crippen LogP contribution in [-0.4, -0.2) is 102 Å². The van der Waals surface area contributed by atoms with Crippen LogP contribution < -0.4 is 25.6 Å². The van der Waals surface area contributed by atoms with Crippen LogP contribution in [0.25, 0.3) is 11.0 Å². The fourth-order valence-corrected chi connectivity index (χ4v) is 9.98. The number of aromatic nitrogens is 4. The molecular formula is C34H43BrN9OPS. The first-order valence-electron chi connectivity index (χ1n) is 16.4. The Labute approximate surface area is 290 Å². The number of fused-ring (bicyclic) bond motifs is 3. The highest BCUT2D eigenvalue weighted by Gasteiger charge is 2.47. The summed E-state index contributed by atoms with van der Waals surface area (Å²) in [7, 11) is 3.99. The molecule has 10 nitrogen and oxygen atoms in total. The quantitative estimate of drug-likeness (QED) is 0.200. The molecule has 3 saturated heterocycles. The van der Waals surface area contributed by atoms with Crippen molar-refractivity contribution in [1.82, 2.24) is 29.7 Å². The molecule has 0 amide bonds. The van der Waals surface area contributed by atoms with E-state index in [4.69, 9.17) is 21.5 Å². The van der Waals surface area contributed by atoms with E-state index in [2.05, 4.69) is 95.6 Å². The van der Waals surface area contributed by atoms with E-state index in [1.54, 1.807) is 25.7 Å². The van der Waals surface area contributed by atoms with Crippen LogP contribution in [0.15, 0.2) is 47.3 Å². The molecule has 248 valence electrons. The number of likely N-dealkylation sites (tertiary alicyclic amines) is 2. The summed E-state index contributed by atoms with van der Waals surface area (Å²) < 4.78 is 6.67. The van der Waals surface area contributed by atoms with E-state index in [1.165, 1.54) is 43.6 Å². The lowest BCUT2D eigenvalue weighted by molar-refractivity contribution is -0.0937. The first-order valence-corrected chi connectivity index (χ1v) is 20.9. The molecule has 2 aromatic carbocycles. The van der Waals surface area contributed by atoms with Gasteiger partial charge in [0.05, 0.1) is 34.0 Å². The van der Waals surface area contributed by atoms with Gasteiger partial charge in [0.15, 0.2) is 0 Å². The Morgan fingerprint density at radius 1 is 1.00 bits per heavy atom. The average Bonchev–Trinajstić information content (AvgIpc) is 3.05. The minimum absolute atomic E-state index is 0.463. The second kappa shape index (κ2) is 13.2. The minimum Gasteiger partial charge on any atom is -0.494 e. The van der Waals surface area contributed by atoms with Crippen molar-refractivity contribution in [2.75, 3.05) is 69.2 Å². The zero-order valence-corrected chi connectivity index (χ0v) is 31.0. The largest absolute Gasteiger partial charge is 0.494 e. The summed E-state index contributed by atoms with van der Waals surface area (Å²) in [5.74, 6) is 1.86. The number of nitrogens with one attached hydrogen (secondary N) is 2. The third kappa shape index (κ3) is 6.47. The Morgan fingerprint density at radius 2 is 1.74 bits per heavy atom. The van der Waals surface area contributed by atoms with E-state index >= 15 is 0 Å². The van der Waals surface area contributed by atoms with Crippen LogP contribution in [0.1, 0.15) is 31.7 Å². The number of anilines is 5. The lowest BCUT2D eigenvalue weighted by Gasteiger charge is -2.60. The Balaban J connectivity index is 1.11. The predicted molar refractivity (Wildman–Crippen MR) is 201 cm³/mol. The minimum atomic E-state index is -1.90. The molecule has 2 aromatic heterocycles. The number of ether oxygens (including phenoxy) is 1. The number of hydrogen-bond acceptors (Lipinski definition) is 11. The first kappa shape index (κ1) is 32.6. The normalized spacial score (nSPS) is 20.7. The average molecular weight is 737 g/mol. The predicted octanol–water partition coefficient (Wildman–Crippen LogP) is 5.96. The summed E-state index contributed by atoms with van der Waals surface area (Å²) in [5.41, 5.74) is 5.91. The summed E-state index contributed by atoms with van der Waals surface area (Å²) in [5, 5.41) is 7.97. The number of hydrogen-bond donors (Lipinski definition) is 2. The van der Waals surface area contributed by atoms with Gasteiger partial charge < -0.3 is 25.2 Å². The molecule has 5 heterocycles. The molecule has 47 heavy (non-hydrogen) atoms. The van der Waals surface area contributed by atoms with Crippen molar-refractivity contribution in [3.8, 4) is 5.75 Å². The summed E-state index contributed by atoms with van der Waals surface area (Å²) >= 11 is 9.65. The molecule has 3 aliphatic heterocycles. The number of benzene rings is 2. The summed E-state index contributed by atoms with van der Waals surface area (Å²) in [4.78, 5) is 26.5. The van der Waals surface area contributed by atoms with Crippen molar-refractivity contribution in [3.05, 3.63) is 52.9 Å². The lowest BCUT2D eigenvalue weighted by atomic mass is 9.83. The van der Waals surface area contributed by atoms with Crippen molar-refractivity contribution in [2.45, 2.75) is 50.7 Å². The molecular weight excluding hydrogens is 693 g/mol. The number of aryl methyl sites for hydroxylation is 1. The summed E-state index contributed by atoms with van der Waals surface area (Å²) in [6.45, 7) is 11.0. The highest BCUT2D eigenvalue weighted by atomic mass is 79.9. The molecule has 2 atom stereocenters. The van der Waals surface area contributed by atoms with Crippen LogP contribution in [0.4, 0.5) is 28.8 Å². The Bertz CT molecular complexity index is 1830. The molecule has 2 bridgehead atoms. The lowest BCUT2D eigenvalue weighted by Crippen LogP contribution is -2.71. The van der Waals surface area contributed by atoms with Gasteiger partial charge in [0, 0.05) is 80.0 Å². The smallest absolute Gasteiger partial charge is 0.229 e. The van der Waals surface area contributed by atoms with Crippen LogP contribution in [0.5, 0.6) is 5.75 Å². The number of piperazine rings is 1. The maximum absolute atomic E-state index is 6.01. The molecule has 0 spiro atoms. The van der Waals surface area contributed by atoms with Gasteiger partial charge in [-0.15, -0.1) is 0 Å². The summed E-state index contributed by atoms with van der Waals surface area (Å²) in [6.07, 6.45) is 9.88. The van der Waals surface area contributed by atoms with Gasteiger partial charge in [0.1, 0.15) is 11.6 Å². The van der Waals surface area contributed by atoms with Gasteiger partial charge in [-0.05, 0) is 91.8 Å². The van der Waals surface area contributed by atoms with E-state index in [-0.39, 0.29) is 0 Å². The molecule has 0 saturated carbocycles. The maximum atomic E-state index is 6.01. The van der Waals surface area contributed by atoms with E-state index < -0.39 is 6.04 Å². The molecule has 0 aliphatic carbocycles. The van der Waals surface area contributed by atoms with Crippen LogP contribution in [-0.2, 0) is 18.2 Å². The number of halogens is 1. The van der Waals surface area contributed by atoms with Gasteiger partial charge in [-0.25, -0.2) is 4.98 Å². The molecule has 0 radical (unpaired) electrons. The van der Waals surface area contributed by atoms with Gasteiger partial charge in [-0.3, -0.25) is 14.9 Å². The number of methoxy groups -OCH3 is 1. The van der Waals surface area contributed by atoms with Crippen molar-refractivity contribution in [2.24, 2.45) is 0 Å². The molecule has 13 heteroatoms. The van der Waals surface area contributed by atoms with E-state index in [9.17, 15) is 0 Å². The third-order valence-corrected chi connectivity index (χ3v) is 12.5. The molecule has 2 N–H and O–H groups in total. The molecule has 2 unspecified atom stereocenters. The SMILES string of the molecule is CCc1cc(Nc2ncc(Br)c(Nc3ccc4nccnc4c3P(C)(C)=S)n2)c(OC)cc1N1CCC(N2C3CC2CN(C)C3)CC1. The molecule has 3 aliphatic rings. The van der Waals surface area contributed by atoms with Crippen molar-refractivity contribution in [3.63, 3.8) is 0 Å². The van der Waals surface area contributed by atoms with Crippen LogP contribution >= 0.6 is 22.0 Å². The summed E-state index contributed by atoms with van der Waals surface area (Å²) in [6, 6.07) is 8.65.